The van der Waals surface area contributed by atoms with Gasteiger partial charge in [0.15, 0.2) is 0 Å². The van der Waals surface area contributed by atoms with E-state index < -0.39 is 39.9 Å². The maximum absolute atomic E-state index is 12.0. The molecule has 3 rings (SSSR count). The average Bonchev–Trinajstić information content (AvgIpc) is 2.58. The van der Waals surface area contributed by atoms with Gasteiger partial charge in [-0.05, 0) is 68.1 Å². The summed E-state index contributed by atoms with van der Waals surface area (Å²) >= 11 is 0. The Morgan fingerprint density at radius 2 is 1.96 bits per heavy atom. The number of aliphatic carboxylic acids is 1. The van der Waals surface area contributed by atoms with E-state index in [1.165, 1.54) is 5.57 Å². The van der Waals surface area contributed by atoms with E-state index in [-0.39, 0.29) is 17.3 Å². The highest BCUT2D eigenvalue weighted by Gasteiger charge is 2.58. The van der Waals surface area contributed by atoms with Crippen molar-refractivity contribution < 1.29 is 32.2 Å². The fourth-order valence-electron chi connectivity index (χ4n) is 6.33. The highest BCUT2D eigenvalue weighted by Crippen LogP contribution is 2.63. The molecule has 28 heavy (non-hydrogen) atoms. The number of carboxylic acids is 1. The van der Waals surface area contributed by atoms with E-state index in [2.05, 4.69) is 17.2 Å². The van der Waals surface area contributed by atoms with E-state index in [0.29, 0.717) is 19.3 Å². The second kappa shape index (κ2) is 7.07. The lowest BCUT2D eigenvalue weighted by molar-refractivity contribution is -0.163. The molecule has 7 nitrogen and oxygen atoms in total. The third-order valence-electron chi connectivity index (χ3n) is 8.12. The first kappa shape index (κ1) is 21.7. The van der Waals surface area contributed by atoms with Crippen molar-refractivity contribution in [2.24, 2.45) is 28.1 Å². The molecule has 6 unspecified atom stereocenters. The Balaban J connectivity index is 1.82. The summed E-state index contributed by atoms with van der Waals surface area (Å²) in [6, 6.07) is 0. The van der Waals surface area contributed by atoms with Crippen LogP contribution in [0.1, 0.15) is 65.7 Å². The number of aliphatic hydroxyl groups is 1. The van der Waals surface area contributed by atoms with Crippen molar-refractivity contribution in [2.75, 3.05) is 6.61 Å². The molecular formula is C20H32O7S. The van der Waals surface area contributed by atoms with Crippen LogP contribution in [0.25, 0.3) is 0 Å². The number of hydrogen-bond acceptors (Lipinski definition) is 5. The predicted molar refractivity (Wildman–Crippen MR) is 103 cm³/mol. The standard InChI is InChI=1S/C20H32O7S/c1-18(16(21)12-27-28(24,25)26)10-7-14-13(11-18)5-6-15-19(14,2)8-4-9-20(15,3)17(22)23/h5,14-16,21H,4,6-12H2,1-3H3,(H,22,23)(H,24,25,26). The van der Waals surface area contributed by atoms with Gasteiger partial charge in [-0.1, -0.05) is 31.9 Å². The Labute approximate surface area is 167 Å². The summed E-state index contributed by atoms with van der Waals surface area (Å²) in [5, 5.41) is 20.4. The summed E-state index contributed by atoms with van der Waals surface area (Å²) in [7, 11) is -4.58. The van der Waals surface area contributed by atoms with Crippen LogP contribution in [0.3, 0.4) is 0 Å². The summed E-state index contributed by atoms with van der Waals surface area (Å²) in [4.78, 5) is 12.0. The summed E-state index contributed by atoms with van der Waals surface area (Å²) in [6.07, 6.45) is 6.63. The normalized spacial score (nSPS) is 42.1. The van der Waals surface area contributed by atoms with Gasteiger partial charge in [0.05, 0.1) is 18.1 Å². The van der Waals surface area contributed by atoms with Crippen molar-refractivity contribution in [3.05, 3.63) is 11.6 Å². The molecule has 0 spiro atoms. The molecule has 0 aromatic rings. The van der Waals surface area contributed by atoms with Crippen LogP contribution in [0.15, 0.2) is 11.6 Å². The Morgan fingerprint density at radius 3 is 2.57 bits per heavy atom. The molecule has 2 fully saturated rings. The fourth-order valence-corrected chi connectivity index (χ4v) is 6.63. The molecule has 0 aromatic heterocycles. The maximum atomic E-state index is 12.0. The second-order valence-corrected chi connectivity index (χ2v) is 10.9. The zero-order valence-corrected chi connectivity index (χ0v) is 17.7. The summed E-state index contributed by atoms with van der Waals surface area (Å²) in [6.45, 7) is 5.57. The third-order valence-corrected chi connectivity index (χ3v) is 8.55. The zero-order chi connectivity index (χ0) is 21.0. The number of allylic oxidation sites excluding steroid dienone is 2. The Hall–Kier alpha value is -0.960. The molecule has 3 aliphatic carbocycles. The number of carboxylic acid groups (broad SMARTS) is 1. The van der Waals surface area contributed by atoms with E-state index in [0.717, 1.165) is 25.7 Å². The molecule has 0 aromatic carbocycles. The Kier molecular flexibility index (Phi) is 5.49. The molecule has 6 atom stereocenters. The van der Waals surface area contributed by atoms with Crippen LogP contribution in [0.2, 0.25) is 0 Å². The van der Waals surface area contributed by atoms with Crippen LogP contribution in [0.5, 0.6) is 0 Å². The van der Waals surface area contributed by atoms with Crippen molar-refractivity contribution in [2.45, 2.75) is 71.8 Å². The van der Waals surface area contributed by atoms with Gasteiger partial charge >= 0.3 is 16.4 Å². The van der Waals surface area contributed by atoms with E-state index in [1.54, 1.807) is 0 Å². The first-order chi connectivity index (χ1) is 12.8. The van der Waals surface area contributed by atoms with Gasteiger partial charge < -0.3 is 10.2 Å². The Bertz CT molecular complexity index is 775. The SMILES string of the molecule is CC1(C(O)COS(=O)(=O)O)CCC2C(=CCC3C(C)(C(=O)O)CCCC23C)C1. The minimum absolute atomic E-state index is 0.0767. The van der Waals surface area contributed by atoms with Gasteiger partial charge in [0.2, 0.25) is 0 Å². The maximum Gasteiger partial charge on any atom is 0.397 e. The molecule has 3 N–H and O–H groups in total. The molecule has 160 valence electrons. The number of hydrogen-bond donors (Lipinski definition) is 3. The predicted octanol–water partition coefficient (Wildman–Crippen LogP) is 3.20. The zero-order valence-electron chi connectivity index (χ0n) is 16.8. The quantitative estimate of drug-likeness (QED) is 0.465. The molecule has 0 amide bonds. The topological polar surface area (TPSA) is 121 Å². The molecule has 8 heteroatoms. The third kappa shape index (κ3) is 3.64. The fraction of sp³-hybridized carbons (Fsp3) is 0.850. The monoisotopic (exact) mass is 416 g/mol. The first-order valence-electron chi connectivity index (χ1n) is 10.0. The highest BCUT2D eigenvalue weighted by molar-refractivity contribution is 7.80. The van der Waals surface area contributed by atoms with Crippen LogP contribution in [0, 0.1) is 28.1 Å². The van der Waals surface area contributed by atoms with Crippen LogP contribution >= 0.6 is 0 Å². The second-order valence-electron chi connectivity index (χ2n) is 9.80. The van der Waals surface area contributed by atoms with Gasteiger partial charge in [-0.25, -0.2) is 4.18 Å². The molecule has 2 saturated carbocycles. The molecule has 0 heterocycles. The average molecular weight is 417 g/mol. The molecule has 0 aliphatic heterocycles. The Morgan fingerprint density at radius 1 is 1.29 bits per heavy atom. The van der Waals surface area contributed by atoms with E-state index >= 15 is 0 Å². The van der Waals surface area contributed by atoms with Gasteiger partial charge in [-0.2, -0.15) is 8.42 Å². The van der Waals surface area contributed by atoms with Crippen molar-refractivity contribution >= 4 is 16.4 Å². The van der Waals surface area contributed by atoms with Crippen LogP contribution in [-0.2, 0) is 19.4 Å². The lowest BCUT2D eigenvalue weighted by Crippen LogP contribution is -2.54. The van der Waals surface area contributed by atoms with Crippen molar-refractivity contribution in [1.82, 2.24) is 0 Å². The highest BCUT2D eigenvalue weighted by atomic mass is 32.3. The van der Waals surface area contributed by atoms with Crippen LogP contribution in [0.4, 0.5) is 0 Å². The summed E-state index contributed by atoms with van der Waals surface area (Å²) < 4.78 is 34.8. The largest absolute Gasteiger partial charge is 0.481 e. The van der Waals surface area contributed by atoms with Crippen LogP contribution in [-0.4, -0.2) is 41.9 Å². The van der Waals surface area contributed by atoms with Gasteiger partial charge in [-0.3, -0.25) is 9.35 Å². The van der Waals surface area contributed by atoms with E-state index in [9.17, 15) is 23.4 Å². The minimum atomic E-state index is -4.58. The van der Waals surface area contributed by atoms with E-state index in [4.69, 9.17) is 4.55 Å². The minimum Gasteiger partial charge on any atom is -0.481 e. The van der Waals surface area contributed by atoms with Gasteiger partial charge in [0.25, 0.3) is 0 Å². The molecule has 3 aliphatic rings. The molecule has 0 saturated heterocycles. The number of rotatable bonds is 5. The summed E-state index contributed by atoms with van der Waals surface area (Å²) in [5.41, 5.74) is -0.0835. The van der Waals surface area contributed by atoms with Crippen LogP contribution < -0.4 is 0 Å². The number of aliphatic hydroxyl groups excluding tert-OH is 1. The lowest BCUT2D eigenvalue weighted by atomic mass is 9.45. The van der Waals surface area contributed by atoms with Crippen molar-refractivity contribution in [1.29, 1.82) is 0 Å². The van der Waals surface area contributed by atoms with Gasteiger partial charge in [0.1, 0.15) is 0 Å². The van der Waals surface area contributed by atoms with Crippen molar-refractivity contribution in [3.63, 3.8) is 0 Å². The number of fused-ring (bicyclic) bond motifs is 3. The summed E-state index contributed by atoms with van der Waals surface area (Å²) in [5.74, 6) is -0.330. The van der Waals surface area contributed by atoms with E-state index in [1.807, 2.05) is 13.8 Å². The van der Waals surface area contributed by atoms with Gasteiger partial charge in [0, 0.05) is 0 Å². The lowest BCUT2D eigenvalue weighted by Gasteiger charge is -2.59. The van der Waals surface area contributed by atoms with Gasteiger partial charge in [-0.15, -0.1) is 0 Å². The number of carbonyl (C=O) groups is 1. The first-order valence-corrected chi connectivity index (χ1v) is 11.4. The smallest absolute Gasteiger partial charge is 0.397 e. The molecule has 0 radical (unpaired) electrons. The van der Waals surface area contributed by atoms with Crippen molar-refractivity contribution in [3.8, 4) is 0 Å². The molecular weight excluding hydrogens is 384 g/mol. The molecule has 0 bridgehead atoms.